The quantitative estimate of drug-likeness (QED) is 0.231. The van der Waals surface area contributed by atoms with Crippen LogP contribution in [0.3, 0.4) is 0 Å². The minimum absolute atomic E-state index is 0.194. The summed E-state index contributed by atoms with van der Waals surface area (Å²) in [6.45, 7) is 0.414. The second-order valence-corrected chi connectivity index (χ2v) is 8.47. The minimum atomic E-state index is -5.13. The van der Waals surface area contributed by atoms with Gasteiger partial charge in [-0.05, 0) is 6.92 Å². The van der Waals surface area contributed by atoms with Gasteiger partial charge < -0.3 is 39.9 Å². The van der Waals surface area contributed by atoms with E-state index in [9.17, 15) is 42.5 Å². The average molecular weight is 501 g/mol. The first kappa shape index (κ1) is 25.2. The van der Waals surface area contributed by atoms with Crippen molar-refractivity contribution in [1.29, 1.82) is 0 Å². The number of carbonyl (C=O) groups excluding carboxylic acids is 1. The zero-order valence-electron chi connectivity index (χ0n) is 16.7. The Balaban J connectivity index is 1.85. The molecule has 0 aliphatic carbocycles. The fraction of sp³-hybridized carbons (Fsp3) is 0.600. The SMILES string of the molecule is CCOC(=O)C(OC[C@H]1O[C@@H](n2cnc3c(N)nc(C(F)(F)F)nc32)[C@H](O)[C@@H]1O)P(=O)(O)O. The molecule has 5 atom stereocenters. The summed E-state index contributed by atoms with van der Waals surface area (Å²) in [5.41, 5.74) is 4.84. The van der Waals surface area contributed by atoms with Gasteiger partial charge in [0.05, 0.1) is 19.5 Å². The van der Waals surface area contributed by atoms with Crippen molar-refractivity contribution < 1.29 is 56.7 Å². The zero-order valence-corrected chi connectivity index (χ0v) is 17.6. The van der Waals surface area contributed by atoms with Crippen molar-refractivity contribution in [2.75, 3.05) is 18.9 Å². The Bertz CT molecular complexity index is 1080. The highest BCUT2D eigenvalue weighted by Gasteiger charge is 2.47. The molecule has 18 heteroatoms. The van der Waals surface area contributed by atoms with Crippen LogP contribution in [0, 0.1) is 0 Å². The molecule has 0 amide bonds. The van der Waals surface area contributed by atoms with E-state index in [4.69, 9.17) is 15.2 Å². The van der Waals surface area contributed by atoms with E-state index in [1.165, 1.54) is 6.92 Å². The summed E-state index contributed by atoms with van der Waals surface area (Å²) in [6.07, 6.45) is -10.5. The van der Waals surface area contributed by atoms with Crippen LogP contribution in [0.2, 0.25) is 0 Å². The van der Waals surface area contributed by atoms with Crippen LogP contribution in [-0.4, -0.2) is 82.9 Å². The molecule has 2 aromatic rings. The Morgan fingerprint density at radius 3 is 2.58 bits per heavy atom. The van der Waals surface area contributed by atoms with Crippen LogP contribution in [0.25, 0.3) is 11.2 Å². The van der Waals surface area contributed by atoms with Crippen molar-refractivity contribution in [3.63, 3.8) is 0 Å². The third-order valence-corrected chi connectivity index (χ3v) is 5.50. The number of halogens is 3. The largest absolute Gasteiger partial charge is 0.464 e. The number of imidazole rings is 1. The van der Waals surface area contributed by atoms with Gasteiger partial charge in [0.15, 0.2) is 17.7 Å². The number of ether oxygens (including phenoxy) is 3. The summed E-state index contributed by atoms with van der Waals surface area (Å²) >= 11 is 0. The van der Waals surface area contributed by atoms with Crippen LogP contribution in [0.5, 0.6) is 0 Å². The maximum absolute atomic E-state index is 13.1. The number of esters is 1. The van der Waals surface area contributed by atoms with Gasteiger partial charge >= 0.3 is 19.7 Å². The molecule has 0 aromatic carbocycles. The Hall–Kier alpha value is -2.40. The number of fused-ring (bicyclic) bond motifs is 1. The molecule has 1 aliphatic heterocycles. The lowest BCUT2D eigenvalue weighted by atomic mass is 10.1. The second kappa shape index (κ2) is 9.09. The van der Waals surface area contributed by atoms with Crippen LogP contribution in [0.4, 0.5) is 19.0 Å². The van der Waals surface area contributed by atoms with Gasteiger partial charge in [-0.3, -0.25) is 9.13 Å². The Labute approximate surface area is 182 Å². The third kappa shape index (κ3) is 5.08. The molecule has 184 valence electrons. The number of aliphatic hydroxyl groups is 2. The minimum Gasteiger partial charge on any atom is -0.464 e. The number of rotatable bonds is 7. The lowest BCUT2D eigenvalue weighted by Crippen LogP contribution is -2.36. The van der Waals surface area contributed by atoms with Crippen molar-refractivity contribution in [3.05, 3.63) is 12.2 Å². The number of aromatic nitrogens is 4. The fourth-order valence-corrected chi connectivity index (χ4v) is 3.68. The van der Waals surface area contributed by atoms with Crippen molar-refractivity contribution in [2.24, 2.45) is 0 Å². The first-order valence-electron chi connectivity index (χ1n) is 9.18. The molecule has 0 bridgehead atoms. The molecule has 6 N–H and O–H groups in total. The number of carbonyl (C=O) groups is 1. The summed E-state index contributed by atoms with van der Waals surface area (Å²) in [5.74, 6) is -5.83. The maximum Gasteiger partial charge on any atom is 0.451 e. The number of nitrogens with two attached hydrogens (primary N) is 1. The van der Waals surface area contributed by atoms with Crippen LogP contribution in [-0.2, 0) is 29.7 Å². The molecule has 3 heterocycles. The topological polar surface area (TPSA) is 212 Å². The van der Waals surface area contributed by atoms with Crippen molar-refractivity contribution >= 4 is 30.5 Å². The van der Waals surface area contributed by atoms with Crippen LogP contribution >= 0.6 is 7.60 Å². The number of hydrogen-bond acceptors (Lipinski definition) is 11. The normalized spacial score (nSPS) is 24.8. The monoisotopic (exact) mass is 501 g/mol. The van der Waals surface area contributed by atoms with Gasteiger partial charge in [-0.1, -0.05) is 0 Å². The zero-order chi connectivity index (χ0) is 24.7. The lowest BCUT2D eigenvalue weighted by Gasteiger charge is -2.20. The number of hydrogen-bond donors (Lipinski definition) is 5. The molecule has 0 spiro atoms. The summed E-state index contributed by atoms with van der Waals surface area (Å²) in [6, 6.07) is 0. The Morgan fingerprint density at radius 1 is 1.33 bits per heavy atom. The molecule has 14 nitrogen and oxygen atoms in total. The molecule has 2 aromatic heterocycles. The molecule has 1 saturated heterocycles. The maximum atomic E-state index is 13.1. The smallest absolute Gasteiger partial charge is 0.451 e. The third-order valence-electron chi connectivity index (χ3n) is 4.53. The highest BCUT2D eigenvalue weighted by Crippen LogP contribution is 2.43. The van der Waals surface area contributed by atoms with E-state index >= 15 is 0 Å². The van der Waals surface area contributed by atoms with E-state index in [1.807, 2.05) is 0 Å². The number of aliphatic hydroxyl groups excluding tert-OH is 2. The van der Waals surface area contributed by atoms with Crippen LogP contribution < -0.4 is 5.73 Å². The molecule has 0 saturated carbocycles. The fourth-order valence-electron chi connectivity index (χ4n) is 3.05. The Kier molecular flexibility index (Phi) is 6.95. The number of nitrogens with zero attached hydrogens (tertiary/aromatic N) is 4. The van der Waals surface area contributed by atoms with Gasteiger partial charge in [0.25, 0.3) is 5.85 Å². The molecule has 1 unspecified atom stereocenters. The van der Waals surface area contributed by atoms with Crippen molar-refractivity contribution in [1.82, 2.24) is 19.5 Å². The summed E-state index contributed by atoms with van der Waals surface area (Å²) in [5, 5.41) is 20.6. The first-order chi connectivity index (χ1) is 15.3. The molecule has 33 heavy (non-hydrogen) atoms. The van der Waals surface area contributed by atoms with Gasteiger partial charge in [-0.25, -0.2) is 19.7 Å². The van der Waals surface area contributed by atoms with E-state index in [1.54, 1.807) is 0 Å². The average Bonchev–Trinajstić information content (AvgIpc) is 3.23. The van der Waals surface area contributed by atoms with E-state index in [2.05, 4.69) is 19.7 Å². The van der Waals surface area contributed by atoms with E-state index < -0.39 is 74.0 Å². The standard InChI is InChI=1S/C15H19F3N5O9P/c1-2-30-12(26)13(33(27,28)29)31-3-5-7(24)8(25)11(32-5)23-4-20-6-9(19)21-14(15(16,17)18)22-10(6)23/h4-5,7-8,11,13,24-25H,2-3H2,1H3,(H2,19,21,22)(H2,27,28,29)/t5-,7-,8-,11-,13?/m1/s1. The first-order valence-corrected chi connectivity index (χ1v) is 10.9. The van der Waals surface area contributed by atoms with Gasteiger partial charge in [0, 0.05) is 0 Å². The van der Waals surface area contributed by atoms with Gasteiger partial charge in [-0.2, -0.15) is 13.2 Å². The molecule has 1 aliphatic rings. The van der Waals surface area contributed by atoms with Gasteiger partial charge in [-0.15, -0.1) is 0 Å². The molecular formula is C15H19F3N5O9P. The summed E-state index contributed by atoms with van der Waals surface area (Å²) in [7, 11) is -5.13. The number of nitrogen functional groups attached to an aromatic ring is 1. The van der Waals surface area contributed by atoms with Gasteiger partial charge in [0.2, 0.25) is 5.82 Å². The second-order valence-electron chi connectivity index (χ2n) is 6.83. The van der Waals surface area contributed by atoms with E-state index in [0.29, 0.717) is 0 Å². The van der Waals surface area contributed by atoms with E-state index in [0.717, 1.165) is 10.9 Å². The van der Waals surface area contributed by atoms with Crippen molar-refractivity contribution in [3.8, 4) is 0 Å². The van der Waals surface area contributed by atoms with Gasteiger partial charge in [0.1, 0.15) is 23.8 Å². The predicted octanol–water partition coefficient (Wildman–Crippen LogP) is -0.870. The predicted molar refractivity (Wildman–Crippen MR) is 99.1 cm³/mol. The highest BCUT2D eigenvalue weighted by molar-refractivity contribution is 7.53. The van der Waals surface area contributed by atoms with Crippen LogP contribution in [0.1, 0.15) is 19.0 Å². The molecule has 1 fully saturated rings. The summed E-state index contributed by atoms with van der Waals surface area (Å²) in [4.78, 5) is 40.7. The molecule has 3 rings (SSSR count). The highest BCUT2D eigenvalue weighted by atomic mass is 31.2. The van der Waals surface area contributed by atoms with Crippen molar-refractivity contribution in [2.45, 2.75) is 43.5 Å². The number of alkyl halides is 3. The number of anilines is 1. The lowest BCUT2D eigenvalue weighted by molar-refractivity contribution is -0.155. The molecule has 0 radical (unpaired) electrons. The Morgan fingerprint density at radius 2 is 2.00 bits per heavy atom. The molecular weight excluding hydrogens is 482 g/mol. The summed E-state index contributed by atoms with van der Waals surface area (Å²) < 4.78 is 66.4. The van der Waals surface area contributed by atoms with Crippen LogP contribution in [0.15, 0.2) is 6.33 Å². The van der Waals surface area contributed by atoms with E-state index in [-0.39, 0.29) is 12.1 Å².